The molecule has 1 nitrogen and oxygen atoms in total. The highest BCUT2D eigenvalue weighted by Gasteiger charge is 2.15. The quantitative estimate of drug-likeness (QED) is 0.398. The predicted molar refractivity (Wildman–Crippen MR) is 108 cm³/mol. The van der Waals surface area contributed by atoms with Gasteiger partial charge in [-0.15, -0.1) is 11.3 Å². The Bertz CT molecular complexity index is 1050. The number of ketones is 1. The van der Waals surface area contributed by atoms with Crippen LogP contribution in [0.15, 0.2) is 84.3 Å². The predicted octanol–water partition coefficient (Wildman–Crippen LogP) is 6.30. The van der Waals surface area contributed by atoms with Crippen LogP contribution in [0.25, 0.3) is 33.4 Å². The van der Waals surface area contributed by atoms with Crippen molar-refractivity contribution < 1.29 is 4.79 Å². The van der Waals surface area contributed by atoms with Crippen molar-refractivity contribution in [3.05, 3.63) is 95.4 Å². The van der Waals surface area contributed by atoms with Crippen molar-refractivity contribution in [1.82, 2.24) is 0 Å². The third-order valence-corrected chi connectivity index (χ3v) is 5.13. The fourth-order valence-electron chi connectivity index (χ4n) is 3.00. The first-order valence-electron chi connectivity index (χ1n) is 8.16. The first-order valence-corrected chi connectivity index (χ1v) is 9.04. The number of benzene rings is 1. The van der Waals surface area contributed by atoms with Crippen LogP contribution in [0.1, 0.15) is 11.1 Å². The lowest BCUT2D eigenvalue weighted by atomic mass is 10.1. The standard InChI is InChI=1S/C23H16OS/c24-18(12-11-17-7-3-1-4-8-17)13-14-20-19-9-5-2-6-10-21(19)23-22(20)15-16-25-23/h1-16H/b12-11+,14-13+. The number of thiophene rings is 1. The highest BCUT2D eigenvalue weighted by atomic mass is 32.1. The number of fused-ring (bicyclic) bond motifs is 3. The van der Waals surface area contributed by atoms with Gasteiger partial charge in [0.25, 0.3) is 0 Å². The Balaban J connectivity index is 1.66. The molecule has 4 rings (SSSR count). The molecule has 0 amide bonds. The SMILES string of the molecule is O=C(/C=C/c1ccccc1)/C=C/c1c2cccccc-2c2sccc12. The highest BCUT2D eigenvalue weighted by molar-refractivity contribution is 7.18. The van der Waals surface area contributed by atoms with E-state index in [9.17, 15) is 4.79 Å². The molecule has 0 atom stereocenters. The second-order valence-electron chi connectivity index (χ2n) is 5.79. The van der Waals surface area contributed by atoms with Crippen molar-refractivity contribution in [2.45, 2.75) is 0 Å². The molecule has 2 aliphatic carbocycles. The van der Waals surface area contributed by atoms with Crippen molar-refractivity contribution in [1.29, 1.82) is 0 Å². The van der Waals surface area contributed by atoms with E-state index in [0.29, 0.717) is 0 Å². The molecule has 0 spiro atoms. The van der Waals surface area contributed by atoms with Crippen LogP contribution in [0.4, 0.5) is 0 Å². The molecule has 1 aromatic heterocycles. The molecule has 0 radical (unpaired) electrons. The maximum Gasteiger partial charge on any atom is 0.178 e. The number of rotatable bonds is 4. The first kappa shape index (κ1) is 15.6. The van der Waals surface area contributed by atoms with Gasteiger partial charge in [-0.3, -0.25) is 4.79 Å². The van der Waals surface area contributed by atoms with Crippen LogP contribution < -0.4 is 0 Å². The monoisotopic (exact) mass is 340 g/mol. The molecule has 25 heavy (non-hydrogen) atoms. The lowest BCUT2D eigenvalue weighted by Gasteiger charge is -1.96. The van der Waals surface area contributed by atoms with Crippen molar-refractivity contribution in [3.8, 4) is 11.1 Å². The zero-order chi connectivity index (χ0) is 17.1. The molecule has 0 saturated heterocycles. The van der Waals surface area contributed by atoms with Gasteiger partial charge in [0.2, 0.25) is 0 Å². The van der Waals surface area contributed by atoms with Crippen molar-refractivity contribution in [2.75, 3.05) is 0 Å². The van der Waals surface area contributed by atoms with E-state index in [1.54, 1.807) is 23.5 Å². The van der Waals surface area contributed by atoms with Gasteiger partial charge in [-0.1, -0.05) is 66.7 Å². The van der Waals surface area contributed by atoms with Gasteiger partial charge in [0.05, 0.1) is 0 Å². The van der Waals surface area contributed by atoms with Gasteiger partial charge < -0.3 is 0 Å². The Labute approximate surface area is 150 Å². The lowest BCUT2D eigenvalue weighted by Crippen LogP contribution is -1.85. The first-order chi connectivity index (χ1) is 12.3. The number of carbonyl (C=O) groups excluding carboxylic acids is 1. The highest BCUT2D eigenvalue weighted by Crippen LogP contribution is 2.42. The van der Waals surface area contributed by atoms with Crippen molar-refractivity contribution in [3.63, 3.8) is 0 Å². The normalized spacial score (nSPS) is 11.8. The second kappa shape index (κ2) is 6.88. The molecule has 0 fully saturated rings. The molecule has 0 saturated carbocycles. The second-order valence-corrected chi connectivity index (χ2v) is 6.71. The van der Waals surface area contributed by atoms with Crippen molar-refractivity contribution in [2.24, 2.45) is 0 Å². The minimum absolute atomic E-state index is 0.0121. The molecule has 1 heterocycles. The number of allylic oxidation sites excluding steroid dienone is 2. The average molecular weight is 340 g/mol. The zero-order valence-corrected chi connectivity index (χ0v) is 14.4. The summed E-state index contributed by atoms with van der Waals surface area (Å²) in [5, 5.41) is 3.31. The molecular formula is C23H16OS. The van der Waals surface area contributed by atoms with Crippen LogP contribution in [-0.4, -0.2) is 5.78 Å². The lowest BCUT2D eigenvalue weighted by molar-refractivity contribution is -0.110. The summed E-state index contributed by atoms with van der Waals surface area (Å²) in [7, 11) is 0. The van der Waals surface area contributed by atoms with Gasteiger partial charge >= 0.3 is 0 Å². The molecule has 0 aliphatic heterocycles. The maximum atomic E-state index is 12.2. The van der Waals surface area contributed by atoms with E-state index in [-0.39, 0.29) is 5.78 Å². The van der Waals surface area contributed by atoms with E-state index in [4.69, 9.17) is 0 Å². The summed E-state index contributed by atoms with van der Waals surface area (Å²) in [6.45, 7) is 0. The topological polar surface area (TPSA) is 17.1 Å². The fraction of sp³-hybridized carbons (Fsp3) is 0. The molecule has 0 N–H and O–H groups in total. The average Bonchev–Trinajstić information content (AvgIpc) is 3.12. The van der Waals surface area contributed by atoms with E-state index < -0.39 is 0 Å². The largest absolute Gasteiger partial charge is 0.290 e. The summed E-state index contributed by atoms with van der Waals surface area (Å²) >= 11 is 1.74. The van der Waals surface area contributed by atoms with Gasteiger partial charge in [-0.05, 0) is 46.4 Å². The fourth-order valence-corrected chi connectivity index (χ4v) is 3.95. The smallest absolute Gasteiger partial charge is 0.178 e. The number of hydrogen-bond acceptors (Lipinski definition) is 2. The van der Waals surface area contributed by atoms with Crippen molar-refractivity contribution >= 4 is 39.4 Å². The van der Waals surface area contributed by atoms with Crippen LogP contribution >= 0.6 is 11.3 Å². The summed E-state index contributed by atoms with van der Waals surface area (Å²) in [6.07, 6.45) is 7.05. The minimum Gasteiger partial charge on any atom is -0.290 e. The van der Waals surface area contributed by atoms with E-state index >= 15 is 0 Å². The molecule has 1 aromatic carbocycles. The minimum atomic E-state index is -0.0121. The Morgan fingerprint density at radius 1 is 0.760 bits per heavy atom. The van der Waals surface area contributed by atoms with Crippen LogP contribution in [0.2, 0.25) is 0 Å². The molecular weight excluding hydrogens is 324 g/mol. The molecule has 0 unspecified atom stereocenters. The van der Waals surface area contributed by atoms with Crippen LogP contribution in [-0.2, 0) is 4.79 Å². The summed E-state index contributed by atoms with van der Waals surface area (Å²) in [6, 6.07) is 22.4. The van der Waals surface area contributed by atoms with Gasteiger partial charge in [0.1, 0.15) is 0 Å². The molecule has 2 heteroatoms. The maximum absolute atomic E-state index is 12.2. The van der Waals surface area contributed by atoms with Gasteiger partial charge in [-0.25, -0.2) is 0 Å². The van der Waals surface area contributed by atoms with Gasteiger partial charge in [-0.2, -0.15) is 0 Å². The summed E-state index contributed by atoms with van der Waals surface area (Å²) in [5.41, 5.74) is 4.56. The van der Waals surface area contributed by atoms with Crippen LogP contribution in [0.5, 0.6) is 0 Å². The Kier molecular flexibility index (Phi) is 4.28. The van der Waals surface area contributed by atoms with Crippen LogP contribution in [0.3, 0.4) is 0 Å². The van der Waals surface area contributed by atoms with E-state index in [0.717, 1.165) is 11.1 Å². The third kappa shape index (κ3) is 3.17. The van der Waals surface area contributed by atoms with Crippen LogP contribution in [0, 0.1) is 0 Å². The Hall–Kier alpha value is -2.97. The third-order valence-electron chi connectivity index (χ3n) is 4.18. The van der Waals surface area contributed by atoms with E-state index in [1.165, 1.54) is 21.2 Å². The summed E-state index contributed by atoms with van der Waals surface area (Å²) < 4.78 is 1.28. The number of hydrogen-bond donors (Lipinski definition) is 0. The molecule has 0 bridgehead atoms. The molecule has 120 valence electrons. The zero-order valence-electron chi connectivity index (χ0n) is 13.6. The Morgan fingerprint density at radius 3 is 2.24 bits per heavy atom. The van der Waals surface area contributed by atoms with Gasteiger partial charge in [0, 0.05) is 15.6 Å². The van der Waals surface area contributed by atoms with E-state index in [1.807, 2.05) is 54.6 Å². The molecule has 2 aliphatic rings. The number of carbonyl (C=O) groups is 1. The Morgan fingerprint density at radius 2 is 1.44 bits per heavy atom. The van der Waals surface area contributed by atoms with E-state index in [2.05, 4.69) is 29.6 Å². The summed E-state index contributed by atoms with van der Waals surface area (Å²) in [4.78, 5) is 12.2. The summed E-state index contributed by atoms with van der Waals surface area (Å²) in [5.74, 6) is -0.0121. The molecule has 2 aromatic rings. The van der Waals surface area contributed by atoms with Gasteiger partial charge in [0.15, 0.2) is 5.78 Å².